The van der Waals surface area contributed by atoms with E-state index in [1.165, 1.54) is 18.4 Å². The SMILES string of the molecule is CC1CN(c2ccc(CNC3CC3)cc2Cl)CCC1O. The number of halogens is 1. The molecule has 1 aromatic rings. The molecule has 1 heterocycles. The van der Waals surface area contributed by atoms with Crippen LogP contribution in [0.5, 0.6) is 0 Å². The van der Waals surface area contributed by atoms with E-state index in [1.807, 2.05) is 0 Å². The van der Waals surface area contributed by atoms with Crippen LogP contribution in [0.15, 0.2) is 18.2 Å². The number of piperidine rings is 1. The van der Waals surface area contributed by atoms with E-state index < -0.39 is 0 Å². The van der Waals surface area contributed by atoms with E-state index in [1.54, 1.807) is 0 Å². The summed E-state index contributed by atoms with van der Waals surface area (Å²) in [4.78, 5) is 2.29. The number of aliphatic hydroxyl groups is 1. The van der Waals surface area contributed by atoms with Gasteiger partial charge in [0.1, 0.15) is 0 Å². The molecule has 0 radical (unpaired) electrons. The summed E-state index contributed by atoms with van der Waals surface area (Å²) in [6, 6.07) is 7.07. The first-order valence-electron chi connectivity index (χ1n) is 7.58. The van der Waals surface area contributed by atoms with Crippen LogP contribution in [-0.2, 0) is 6.54 Å². The van der Waals surface area contributed by atoms with E-state index in [9.17, 15) is 5.11 Å². The Labute approximate surface area is 125 Å². The third-order valence-electron chi connectivity index (χ3n) is 4.38. The van der Waals surface area contributed by atoms with Gasteiger partial charge in [0.2, 0.25) is 0 Å². The Bertz CT molecular complexity index is 476. The lowest BCUT2D eigenvalue weighted by Gasteiger charge is -2.36. The molecule has 1 aromatic carbocycles. The zero-order chi connectivity index (χ0) is 14.1. The number of nitrogens with one attached hydrogen (secondary N) is 1. The molecule has 3 nitrogen and oxygen atoms in total. The molecule has 2 aliphatic rings. The van der Waals surface area contributed by atoms with E-state index in [0.29, 0.717) is 5.92 Å². The molecule has 2 atom stereocenters. The second-order valence-electron chi connectivity index (χ2n) is 6.22. The third kappa shape index (κ3) is 3.27. The predicted octanol–water partition coefficient (Wildman–Crippen LogP) is 2.80. The molecule has 3 rings (SSSR count). The predicted molar refractivity (Wildman–Crippen MR) is 83.3 cm³/mol. The van der Waals surface area contributed by atoms with Crippen molar-refractivity contribution in [2.75, 3.05) is 18.0 Å². The maximum Gasteiger partial charge on any atom is 0.0642 e. The van der Waals surface area contributed by atoms with Crippen molar-refractivity contribution < 1.29 is 5.11 Å². The van der Waals surface area contributed by atoms with Crippen molar-refractivity contribution in [2.24, 2.45) is 5.92 Å². The largest absolute Gasteiger partial charge is 0.393 e. The first-order chi connectivity index (χ1) is 9.63. The molecule has 0 aromatic heterocycles. The summed E-state index contributed by atoms with van der Waals surface area (Å²) in [6.45, 7) is 4.75. The van der Waals surface area contributed by atoms with E-state index in [4.69, 9.17) is 11.6 Å². The van der Waals surface area contributed by atoms with Crippen LogP contribution >= 0.6 is 11.6 Å². The van der Waals surface area contributed by atoms with Crippen LogP contribution in [0.4, 0.5) is 5.69 Å². The fraction of sp³-hybridized carbons (Fsp3) is 0.625. The van der Waals surface area contributed by atoms with Crippen LogP contribution in [-0.4, -0.2) is 30.3 Å². The van der Waals surface area contributed by atoms with Crippen LogP contribution in [0, 0.1) is 5.92 Å². The molecule has 1 aliphatic heterocycles. The van der Waals surface area contributed by atoms with Crippen molar-refractivity contribution in [3.8, 4) is 0 Å². The lowest BCUT2D eigenvalue weighted by atomic mass is 9.96. The fourth-order valence-electron chi connectivity index (χ4n) is 2.82. The minimum Gasteiger partial charge on any atom is -0.393 e. The number of hydrogen-bond donors (Lipinski definition) is 2. The molecule has 2 unspecified atom stereocenters. The molecule has 1 saturated carbocycles. The van der Waals surface area contributed by atoms with Gasteiger partial charge in [0.25, 0.3) is 0 Å². The first kappa shape index (κ1) is 14.2. The topological polar surface area (TPSA) is 35.5 Å². The van der Waals surface area contributed by atoms with Gasteiger partial charge >= 0.3 is 0 Å². The van der Waals surface area contributed by atoms with Gasteiger partial charge in [-0.1, -0.05) is 24.6 Å². The summed E-state index contributed by atoms with van der Waals surface area (Å²) < 4.78 is 0. The maximum absolute atomic E-state index is 9.82. The Morgan fingerprint density at radius 1 is 1.35 bits per heavy atom. The number of rotatable bonds is 4. The van der Waals surface area contributed by atoms with Crippen LogP contribution in [0.1, 0.15) is 31.7 Å². The number of anilines is 1. The highest BCUT2D eigenvalue weighted by atomic mass is 35.5. The van der Waals surface area contributed by atoms with Gasteiger partial charge in [-0.15, -0.1) is 0 Å². The van der Waals surface area contributed by atoms with E-state index in [-0.39, 0.29) is 6.10 Å². The Morgan fingerprint density at radius 2 is 2.15 bits per heavy atom. The third-order valence-corrected chi connectivity index (χ3v) is 4.69. The normalized spacial score (nSPS) is 26.9. The zero-order valence-corrected chi connectivity index (χ0v) is 12.7. The molecular weight excluding hydrogens is 272 g/mol. The molecule has 4 heteroatoms. The molecule has 0 spiro atoms. The molecule has 0 amide bonds. The monoisotopic (exact) mass is 294 g/mol. The summed E-state index contributed by atoms with van der Waals surface area (Å²) in [6.07, 6.45) is 3.26. The van der Waals surface area contributed by atoms with Crippen molar-refractivity contribution in [1.82, 2.24) is 5.32 Å². The van der Waals surface area contributed by atoms with Crippen LogP contribution in [0.3, 0.4) is 0 Å². The van der Waals surface area contributed by atoms with Crippen molar-refractivity contribution >= 4 is 17.3 Å². The number of aliphatic hydroxyl groups excluding tert-OH is 1. The van der Waals surface area contributed by atoms with E-state index in [2.05, 4.69) is 35.3 Å². The van der Waals surface area contributed by atoms with Crippen molar-refractivity contribution in [3.63, 3.8) is 0 Å². The summed E-state index contributed by atoms with van der Waals surface area (Å²) >= 11 is 6.45. The average molecular weight is 295 g/mol. The second-order valence-corrected chi connectivity index (χ2v) is 6.63. The fourth-order valence-corrected chi connectivity index (χ4v) is 3.14. The summed E-state index contributed by atoms with van der Waals surface area (Å²) in [5.41, 5.74) is 2.34. The summed E-state index contributed by atoms with van der Waals surface area (Å²) in [7, 11) is 0. The second kappa shape index (κ2) is 5.92. The number of benzene rings is 1. The molecule has 1 aliphatic carbocycles. The van der Waals surface area contributed by atoms with E-state index in [0.717, 1.165) is 42.8 Å². The van der Waals surface area contributed by atoms with Crippen LogP contribution in [0.25, 0.3) is 0 Å². The standard InChI is InChI=1S/C16H23ClN2O/c1-11-10-19(7-6-16(11)20)15-5-2-12(8-14(15)17)9-18-13-3-4-13/h2,5,8,11,13,16,18,20H,3-4,6-7,9-10H2,1H3. The van der Waals surface area contributed by atoms with Crippen molar-refractivity contribution in [2.45, 2.75) is 44.9 Å². The zero-order valence-electron chi connectivity index (χ0n) is 12.0. The molecule has 1 saturated heterocycles. The van der Waals surface area contributed by atoms with Gasteiger partial charge in [-0.2, -0.15) is 0 Å². The van der Waals surface area contributed by atoms with Gasteiger partial charge in [-0.3, -0.25) is 0 Å². The van der Waals surface area contributed by atoms with E-state index >= 15 is 0 Å². The van der Waals surface area contributed by atoms with Crippen molar-refractivity contribution in [1.29, 1.82) is 0 Å². The lowest BCUT2D eigenvalue weighted by Crippen LogP contribution is -2.42. The quantitative estimate of drug-likeness (QED) is 0.896. The molecule has 2 fully saturated rings. The maximum atomic E-state index is 9.82. The summed E-state index contributed by atoms with van der Waals surface area (Å²) in [5.74, 6) is 0.302. The van der Waals surface area contributed by atoms with Crippen LogP contribution in [0.2, 0.25) is 5.02 Å². The Kier molecular flexibility index (Phi) is 4.20. The first-order valence-corrected chi connectivity index (χ1v) is 7.96. The molecular formula is C16H23ClN2O. The molecule has 0 bridgehead atoms. The highest BCUT2D eigenvalue weighted by Crippen LogP contribution is 2.31. The Balaban J connectivity index is 1.66. The van der Waals surface area contributed by atoms with Crippen LogP contribution < -0.4 is 10.2 Å². The van der Waals surface area contributed by atoms with Gasteiger partial charge in [-0.05, 0) is 42.9 Å². The van der Waals surface area contributed by atoms with Gasteiger partial charge in [0.05, 0.1) is 16.8 Å². The highest BCUT2D eigenvalue weighted by Gasteiger charge is 2.25. The van der Waals surface area contributed by atoms with Gasteiger partial charge < -0.3 is 15.3 Å². The number of hydrogen-bond acceptors (Lipinski definition) is 3. The molecule has 20 heavy (non-hydrogen) atoms. The van der Waals surface area contributed by atoms with Crippen molar-refractivity contribution in [3.05, 3.63) is 28.8 Å². The van der Waals surface area contributed by atoms with Gasteiger partial charge in [0.15, 0.2) is 0 Å². The smallest absolute Gasteiger partial charge is 0.0642 e. The Morgan fingerprint density at radius 3 is 2.80 bits per heavy atom. The molecule has 110 valence electrons. The summed E-state index contributed by atoms with van der Waals surface area (Å²) in [5, 5.41) is 14.1. The highest BCUT2D eigenvalue weighted by molar-refractivity contribution is 6.33. The van der Waals surface area contributed by atoms with Gasteiger partial charge in [0, 0.05) is 25.7 Å². The number of nitrogens with zero attached hydrogens (tertiary/aromatic N) is 1. The van der Waals surface area contributed by atoms with Gasteiger partial charge in [-0.25, -0.2) is 0 Å². The Hall–Kier alpha value is -0.770. The lowest BCUT2D eigenvalue weighted by molar-refractivity contribution is 0.0971. The molecule has 2 N–H and O–H groups in total. The average Bonchev–Trinajstić information content (AvgIpc) is 3.24. The minimum absolute atomic E-state index is 0.174. The minimum atomic E-state index is -0.174.